The lowest BCUT2D eigenvalue weighted by atomic mass is 9.92. The Morgan fingerprint density at radius 2 is 1.70 bits per heavy atom. The van der Waals surface area contributed by atoms with Gasteiger partial charge in [-0.25, -0.2) is 4.79 Å². The van der Waals surface area contributed by atoms with Crippen molar-refractivity contribution < 1.29 is 14.7 Å². The molecule has 2 aliphatic rings. The van der Waals surface area contributed by atoms with Crippen molar-refractivity contribution in [2.24, 2.45) is 11.8 Å². The summed E-state index contributed by atoms with van der Waals surface area (Å²) in [5.74, 6) is 0.0827. The minimum atomic E-state index is -0.914. The highest BCUT2D eigenvalue weighted by Gasteiger charge is 2.34. The molecule has 5 heteroatoms. The molecule has 2 rings (SSSR count). The van der Waals surface area contributed by atoms with E-state index >= 15 is 0 Å². The van der Waals surface area contributed by atoms with E-state index in [9.17, 15) is 9.59 Å². The van der Waals surface area contributed by atoms with Gasteiger partial charge in [0.05, 0.1) is 0 Å². The van der Waals surface area contributed by atoms with E-state index in [4.69, 9.17) is 5.11 Å². The Morgan fingerprint density at radius 3 is 2.20 bits per heavy atom. The van der Waals surface area contributed by atoms with Crippen molar-refractivity contribution in [2.45, 2.75) is 52.0 Å². The van der Waals surface area contributed by atoms with Crippen LogP contribution in [0.2, 0.25) is 0 Å². The van der Waals surface area contributed by atoms with Gasteiger partial charge >= 0.3 is 12.0 Å². The molecular formula is C15H26N2O3. The lowest BCUT2D eigenvalue weighted by Crippen LogP contribution is -2.53. The van der Waals surface area contributed by atoms with Crippen molar-refractivity contribution in [3.63, 3.8) is 0 Å². The summed E-state index contributed by atoms with van der Waals surface area (Å²) in [5, 5.41) is 9.08. The van der Waals surface area contributed by atoms with Crippen LogP contribution in [0.15, 0.2) is 0 Å². The first-order valence-electron chi connectivity index (χ1n) is 7.74. The number of carbonyl (C=O) groups is 2. The number of hydrogen-bond donors (Lipinski definition) is 1. The van der Waals surface area contributed by atoms with Crippen molar-refractivity contribution in [2.75, 3.05) is 19.6 Å². The molecule has 1 N–H and O–H groups in total. The highest BCUT2D eigenvalue weighted by Crippen LogP contribution is 2.27. The molecule has 1 aliphatic heterocycles. The highest BCUT2D eigenvalue weighted by atomic mass is 16.4. The van der Waals surface area contributed by atoms with Gasteiger partial charge in [-0.1, -0.05) is 26.7 Å². The van der Waals surface area contributed by atoms with Gasteiger partial charge < -0.3 is 14.9 Å². The molecule has 0 radical (unpaired) electrons. The second-order valence-electron chi connectivity index (χ2n) is 6.59. The predicted molar refractivity (Wildman–Crippen MR) is 76.5 cm³/mol. The maximum absolute atomic E-state index is 12.7. The number of rotatable bonds is 3. The van der Waals surface area contributed by atoms with Crippen LogP contribution in [-0.4, -0.2) is 52.6 Å². The third kappa shape index (κ3) is 3.64. The van der Waals surface area contributed by atoms with Crippen LogP contribution in [0.5, 0.6) is 0 Å². The van der Waals surface area contributed by atoms with Crippen LogP contribution in [0.3, 0.4) is 0 Å². The Kier molecular flexibility index (Phi) is 4.89. The molecule has 114 valence electrons. The smallest absolute Gasteiger partial charge is 0.323 e. The molecule has 5 nitrogen and oxygen atoms in total. The van der Waals surface area contributed by atoms with Crippen LogP contribution >= 0.6 is 0 Å². The standard InChI is InChI=1S/C15H26N2O3/c1-11-7-12(2)9-16(8-11)15(20)17(10-14(18)19)13-5-3-4-6-13/h11-13H,3-10H2,1-2H3,(H,18,19). The minimum absolute atomic E-state index is 0.0716. The number of aliphatic carboxylic acids is 1. The third-order valence-corrected chi connectivity index (χ3v) is 4.46. The fourth-order valence-corrected chi connectivity index (χ4v) is 3.72. The minimum Gasteiger partial charge on any atom is -0.480 e. The van der Waals surface area contributed by atoms with Crippen LogP contribution in [0, 0.1) is 11.8 Å². The molecule has 2 fully saturated rings. The van der Waals surface area contributed by atoms with E-state index in [0.29, 0.717) is 11.8 Å². The second kappa shape index (κ2) is 6.46. The molecule has 2 unspecified atom stereocenters. The highest BCUT2D eigenvalue weighted by molar-refractivity contribution is 5.80. The topological polar surface area (TPSA) is 60.9 Å². The van der Waals surface area contributed by atoms with E-state index in [1.165, 1.54) is 0 Å². The summed E-state index contributed by atoms with van der Waals surface area (Å²) in [6, 6.07) is 0.0452. The van der Waals surface area contributed by atoms with E-state index in [-0.39, 0.29) is 18.6 Å². The first-order valence-corrected chi connectivity index (χ1v) is 7.74. The molecule has 0 aromatic rings. The number of amides is 2. The van der Waals surface area contributed by atoms with E-state index < -0.39 is 5.97 Å². The molecule has 2 atom stereocenters. The quantitative estimate of drug-likeness (QED) is 0.864. The maximum atomic E-state index is 12.7. The number of carbonyl (C=O) groups excluding carboxylic acids is 1. The lowest BCUT2D eigenvalue weighted by molar-refractivity contribution is -0.138. The zero-order valence-electron chi connectivity index (χ0n) is 12.5. The molecule has 2 amide bonds. The van der Waals surface area contributed by atoms with Gasteiger partial charge in [0.1, 0.15) is 6.54 Å². The van der Waals surface area contributed by atoms with Gasteiger partial charge in [-0.05, 0) is 31.1 Å². The first kappa shape index (κ1) is 15.1. The average Bonchev–Trinajstić information content (AvgIpc) is 2.87. The lowest BCUT2D eigenvalue weighted by Gasteiger charge is -2.39. The van der Waals surface area contributed by atoms with Gasteiger partial charge in [-0.15, -0.1) is 0 Å². The number of urea groups is 1. The summed E-state index contributed by atoms with van der Waals surface area (Å²) in [6.07, 6.45) is 5.23. The van der Waals surface area contributed by atoms with Crippen molar-refractivity contribution in [1.29, 1.82) is 0 Å². The van der Waals surface area contributed by atoms with Crippen molar-refractivity contribution in [1.82, 2.24) is 9.80 Å². The monoisotopic (exact) mass is 282 g/mol. The van der Waals surface area contributed by atoms with E-state index in [1.807, 2.05) is 4.90 Å². The van der Waals surface area contributed by atoms with Crippen molar-refractivity contribution in [3.05, 3.63) is 0 Å². The molecular weight excluding hydrogens is 256 g/mol. The molecule has 0 spiro atoms. The van der Waals surface area contributed by atoms with Gasteiger partial charge in [-0.3, -0.25) is 4.79 Å². The molecule has 1 saturated carbocycles. The second-order valence-corrected chi connectivity index (χ2v) is 6.59. The first-order chi connectivity index (χ1) is 9.47. The molecule has 1 aliphatic carbocycles. The SMILES string of the molecule is CC1CC(C)CN(C(=O)N(CC(=O)O)C2CCCC2)C1. The molecule has 0 aromatic heterocycles. The summed E-state index contributed by atoms with van der Waals surface area (Å²) in [4.78, 5) is 27.2. The number of carboxylic acid groups (broad SMARTS) is 1. The average molecular weight is 282 g/mol. The predicted octanol–water partition coefficient (Wildman–Crippen LogP) is 2.41. The molecule has 0 bridgehead atoms. The van der Waals surface area contributed by atoms with Crippen molar-refractivity contribution >= 4 is 12.0 Å². The number of hydrogen-bond acceptors (Lipinski definition) is 2. The summed E-state index contributed by atoms with van der Waals surface area (Å²) in [7, 11) is 0. The van der Waals surface area contributed by atoms with E-state index in [2.05, 4.69) is 13.8 Å². The Bertz CT molecular complexity index is 356. The third-order valence-electron chi connectivity index (χ3n) is 4.46. The maximum Gasteiger partial charge on any atom is 0.323 e. The molecule has 1 heterocycles. The summed E-state index contributed by atoms with van der Waals surface area (Å²) in [5.41, 5.74) is 0. The van der Waals surface area contributed by atoms with Gasteiger partial charge in [0.2, 0.25) is 0 Å². The van der Waals surface area contributed by atoms with Crippen LogP contribution in [0.4, 0.5) is 4.79 Å². The van der Waals surface area contributed by atoms with E-state index in [1.54, 1.807) is 4.90 Å². The Balaban J connectivity index is 2.06. The Labute approximate surface area is 120 Å². The normalized spacial score (nSPS) is 27.6. The van der Waals surface area contributed by atoms with Gasteiger partial charge in [0.15, 0.2) is 0 Å². The number of piperidine rings is 1. The fraction of sp³-hybridized carbons (Fsp3) is 0.867. The van der Waals surface area contributed by atoms with Crippen LogP contribution in [0.1, 0.15) is 46.0 Å². The Hall–Kier alpha value is -1.26. The van der Waals surface area contributed by atoms with Crippen LogP contribution in [-0.2, 0) is 4.79 Å². The number of likely N-dealkylation sites (tertiary alicyclic amines) is 1. The number of carboxylic acids is 1. The molecule has 20 heavy (non-hydrogen) atoms. The van der Waals surface area contributed by atoms with E-state index in [0.717, 1.165) is 45.2 Å². The molecule has 0 aromatic carbocycles. The number of nitrogens with zero attached hydrogens (tertiary/aromatic N) is 2. The van der Waals surface area contributed by atoms with Crippen LogP contribution in [0.25, 0.3) is 0 Å². The van der Waals surface area contributed by atoms with Crippen molar-refractivity contribution in [3.8, 4) is 0 Å². The fourth-order valence-electron chi connectivity index (χ4n) is 3.72. The molecule has 1 saturated heterocycles. The largest absolute Gasteiger partial charge is 0.480 e. The summed E-state index contributed by atoms with van der Waals surface area (Å²) < 4.78 is 0. The van der Waals surface area contributed by atoms with Crippen LogP contribution < -0.4 is 0 Å². The van der Waals surface area contributed by atoms with Gasteiger partial charge in [0, 0.05) is 19.1 Å². The van der Waals surface area contributed by atoms with Gasteiger partial charge in [0.25, 0.3) is 0 Å². The zero-order valence-corrected chi connectivity index (χ0v) is 12.5. The van der Waals surface area contributed by atoms with Gasteiger partial charge in [-0.2, -0.15) is 0 Å². The Morgan fingerprint density at radius 1 is 1.15 bits per heavy atom. The summed E-state index contributed by atoms with van der Waals surface area (Å²) >= 11 is 0. The zero-order chi connectivity index (χ0) is 14.7. The summed E-state index contributed by atoms with van der Waals surface area (Å²) in [6.45, 7) is 5.67.